The summed E-state index contributed by atoms with van der Waals surface area (Å²) in [6.07, 6.45) is 0. The summed E-state index contributed by atoms with van der Waals surface area (Å²) in [4.78, 5) is 1.27. The van der Waals surface area contributed by atoms with E-state index in [0.29, 0.717) is 6.04 Å². The molecule has 1 atom stereocenters. The van der Waals surface area contributed by atoms with Gasteiger partial charge in [-0.05, 0) is 31.2 Å². The molecule has 1 aromatic rings. The molecule has 0 saturated heterocycles. The lowest BCUT2D eigenvalue weighted by molar-refractivity contribution is 0.625. The van der Waals surface area contributed by atoms with Crippen LogP contribution in [0.5, 0.6) is 0 Å². The highest BCUT2D eigenvalue weighted by Gasteiger charge is 1.99. The molecule has 4 heteroatoms. The minimum atomic E-state index is 0.341. The van der Waals surface area contributed by atoms with E-state index in [1.807, 2.05) is 12.1 Å². The Bertz CT molecular complexity index is 250. The van der Waals surface area contributed by atoms with E-state index in [1.165, 1.54) is 4.90 Å². The van der Waals surface area contributed by atoms with Gasteiger partial charge in [0.1, 0.15) is 0 Å². The van der Waals surface area contributed by atoms with Crippen LogP contribution >= 0.6 is 27.7 Å². The Kier molecular flexibility index (Phi) is 4.80. The van der Waals surface area contributed by atoms with Gasteiger partial charge in [0.2, 0.25) is 0 Å². The maximum atomic E-state index is 5.29. The van der Waals surface area contributed by atoms with Crippen molar-refractivity contribution >= 4 is 27.7 Å². The predicted molar refractivity (Wildman–Crippen MR) is 61.7 cm³/mol. The van der Waals surface area contributed by atoms with Gasteiger partial charge in [0.25, 0.3) is 0 Å². The van der Waals surface area contributed by atoms with Gasteiger partial charge in [0, 0.05) is 21.2 Å². The average Bonchev–Trinajstić information content (AvgIpc) is 2.16. The normalized spacial score (nSPS) is 12.8. The van der Waals surface area contributed by atoms with E-state index in [0.717, 1.165) is 10.2 Å². The summed E-state index contributed by atoms with van der Waals surface area (Å²) in [6, 6.07) is 8.62. The molecule has 72 valence electrons. The summed E-state index contributed by atoms with van der Waals surface area (Å²) in [5, 5.41) is 0. The van der Waals surface area contributed by atoms with Crippen LogP contribution in [0.15, 0.2) is 33.6 Å². The first-order chi connectivity index (χ1) is 6.22. The van der Waals surface area contributed by atoms with Crippen molar-refractivity contribution < 1.29 is 0 Å². The summed E-state index contributed by atoms with van der Waals surface area (Å²) >= 11 is 5.20. The summed E-state index contributed by atoms with van der Waals surface area (Å²) < 4.78 is 1.11. The molecular formula is C9H13BrN2S. The largest absolute Gasteiger partial charge is 0.271 e. The van der Waals surface area contributed by atoms with Gasteiger partial charge in [-0.3, -0.25) is 11.3 Å². The fraction of sp³-hybridized carbons (Fsp3) is 0.333. The summed E-state index contributed by atoms with van der Waals surface area (Å²) in [5.41, 5.74) is 2.72. The van der Waals surface area contributed by atoms with Crippen molar-refractivity contribution in [2.24, 2.45) is 5.84 Å². The molecule has 3 N–H and O–H groups in total. The van der Waals surface area contributed by atoms with Crippen molar-refractivity contribution in [1.82, 2.24) is 5.43 Å². The molecule has 2 nitrogen and oxygen atoms in total. The molecule has 0 aliphatic rings. The van der Waals surface area contributed by atoms with E-state index in [-0.39, 0.29) is 0 Å². The first kappa shape index (κ1) is 11.0. The molecule has 1 rings (SSSR count). The van der Waals surface area contributed by atoms with Gasteiger partial charge >= 0.3 is 0 Å². The van der Waals surface area contributed by atoms with Crippen LogP contribution < -0.4 is 11.3 Å². The van der Waals surface area contributed by atoms with Crippen LogP contribution in [-0.4, -0.2) is 11.8 Å². The zero-order valence-electron chi connectivity index (χ0n) is 7.46. The lowest BCUT2D eigenvalue weighted by Gasteiger charge is -2.08. The van der Waals surface area contributed by atoms with E-state index in [1.54, 1.807) is 11.8 Å². The Morgan fingerprint density at radius 2 is 2.08 bits per heavy atom. The monoisotopic (exact) mass is 260 g/mol. The molecule has 0 aliphatic carbocycles. The zero-order valence-corrected chi connectivity index (χ0v) is 9.86. The molecule has 0 amide bonds. The second-order valence-electron chi connectivity index (χ2n) is 2.83. The average molecular weight is 261 g/mol. The third-order valence-corrected chi connectivity index (χ3v) is 3.40. The van der Waals surface area contributed by atoms with Crippen molar-refractivity contribution in [2.45, 2.75) is 17.9 Å². The molecule has 1 aromatic carbocycles. The summed E-state index contributed by atoms with van der Waals surface area (Å²) in [7, 11) is 0. The SMILES string of the molecule is CC(CSc1ccc(Br)cc1)NN. The zero-order chi connectivity index (χ0) is 9.68. The Balaban J connectivity index is 2.41. The lowest BCUT2D eigenvalue weighted by Crippen LogP contribution is -2.34. The summed E-state index contributed by atoms with van der Waals surface area (Å²) in [6.45, 7) is 2.06. The standard InChI is InChI=1S/C9H13BrN2S/c1-7(12-11)6-13-9-4-2-8(10)3-5-9/h2-5,7,12H,6,11H2,1H3. The first-order valence-corrected chi connectivity index (χ1v) is 5.84. The molecule has 0 heterocycles. The minimum Gasteiger partial charge on any atom is -0.271 e. The van der Waals surface area contributed by atoms with Crippen LogP contribution in [-0.2, 0) is 0 Å². The predicted octanol–water partition coefficient (Wildman–Crippen LogP) is 2.39. The molecule has 1 unspecified atom stereocenters. The van der Waals surface area contributed by atoms with Crippen molar-refractivity contribution in [2.75, 3.05) is 5.75 Å². The highest BCUT2D eigenvalue weighted by atomic mass is 79.9. The third-order valence-electron chi connectivity index (χ3n) is 1.60. The van der Waals surface area contributed by atoms with Crippen molar-refractivity contribution in [3.63, 3.8) is 0 Å². The Morgan fingerprint density at radius 1 is 1.46 bits per heavy atom. The fourth-order valence-electron chi connectivity index (χ4n) is 0.800. The molecule has 0 bridgehead atoms. The van der Waals surface area contributed by atoms with Gasteiger partial charge < -0.3 is 0 Å². The summed E-state index contributed by atoms with van der Waals surface area (Å²) in [5.74, 6) is 6.27. The van der Waals surface area contributed by atoms with Crippen LogP contribution in [0.3, 0.4) is 0 Å². The van der Waals surface area contributed by atoms with Crippen LogP contribution in [0.25, 0.3) is 0 Å². The lowest BCUT2D eigenvalue weighted by atomic mass is 10.4. The topological polar surface area (TPSA) is 38.0 Å². The number of benzene rings is 1. The van der Waals surface area contributed by atoms with Crippen LogP contribution in [0, 0.1) is 0 Å². The van der Waals surface area contributed by atoms with Gasteiger partial charge in [-0.2, -0.15) is 0 Å². The van der Waals surface area contributed by atoms with Crippen LogP contribution in [0.4, 0.5) is 0 Å². The number of nitrogens with two attached hydrogens (primary N) is 1. The quantitative estimate of drug-likeness (QED) is 0.496. The molecule has 0 spiro atoms. The maximum absolute atomic E-state index is 5.29. The van der Waals surface area contributed by atoms with E-state index in [9.17, 15) is 0 Å². The van der Waals surface area contributed by atoms with E-state index < -0.39 is 0 Å². The van der Waals surface area contributed by atoms with Crippen molar-refractivity contribution in [1.29, 1.82) is 0 Å². The number of hydrazine groups is 1. The number of hydrogen-bond donors (Lipinski definition) is 2. The molecule has 13 heavy (non-hydrogen) atoms. The fourth-order valence-corrected chi connectivity index (χ4v) is 1.93. The smallest absolute Gasteiger partial charge is 0.0276 e. The highest BCUT2D eigenvalue weighted by Crippen LogP contribution is 2.20. The molecule has 0 radical (unpaired) electrons. The maximum Gasteiger partial charge on any atom is 0.0276 e. The molecule has 0 aromatic heterocycles. The Morgan fingerprint density at radius 3 is 2.62 bits per heavy atom. The molecule has 0 saturated carbocycles. The number of thioether (sulfide) groups is 1. The van der Waals surface area contributed by atoms with E-state index in [2.05, 4.69) is 40.4 Å². The number of hydrogen-bond acceptors (Lipinski definition) is 3. The minimum absolute atomic E-state index is 0.341. The third kappa shape index (κ3) is 4.13. The number of nitrogens with one attached hydrogen (secondary N) is 1. The van der Waals surface area contributed by atoms with Crippen molar-refractivity contribution in [3.8, 4) is 0 Å². The van der Waals surface area contributed by atoms with Gasteiger partial charge in [0.05, 0.1) is 0 Å². The van der Waals surface area contributed by atoms with Crippen molar-refractivity contribution in [3.05, 3.63) is 28.7 Å². The molecular weight excluding hydrogens is 248 g/mol. The second kappa shape index (κ2) is 5.65. The highest BCUT2D eigenvalue weighted by molar-refractivity contribution is 9.10. The Hall–Kier alpha value is -0.0300. The second-order valence-corrected chi connectivity index (χ2v) is 4.84. The molecule has 0 aliphatic heterocycles. The van der Waals surface area contributed by atoms with E-state index >= 15 is 0 Å². The molecule has 0 fully saturated rings. The number of halogens is 1. The number of rotatable bonds is 4. The van der Waals surface area contributed by atoms with Crippen LogP contribution in [0.2, 0.25) is 0 Å². The first-order valence-electron chi connectivity index (χ1n) is 4.07. The van der Waals surface area contributed by atoms with Gasteiger partial charge in [-0.1, -0.05) is 15.9 Å². The van der Waals surface area contributed by atoms with Crippen LogP contribution in [0.1, 0.15) is 6.92 Å². The van der Waals surface area contributed by atoms with Gasteiger partial charge in [0.15, 0.2) is 0 Å². The van der Waals surface area contributed by atoms with Gasteiger partial charge in [-0.15, -0.1) is 11.8 Å². The Labute approximate surface area is 91.4 Å². The van der Waals surface area contributed by atoms with Gasteiger partial charge in [-0.25, -0.2) is 0 Å². The van der Waals surface area contributed by atoms with E-state index in [4.69, 9.17) is 5.84 Å².